The van der Waals surface area contributed by atoms with Crippen molar-refractivity contribution in [2.75, 3.05) is 0 Å². The number of carbonyl (C=O) groups is 2. The van der Waals surface area contributed by atoms with Gasteiger partial charge >= 0.3 is 6.03 Å². The molecule has 11 heavy (non-hydrogen) atoms. The molecule has 5 nitrogen and oxygen atoms in total. The Morgan fingerprint density at radius 2 is 2.27 bits per heavy atom. The number of hydrogen-bond acceptors (Lipinski definition) is 3. The minimum absolute atomic E-state index is 0.0463. The van der Waals surface area contributed by atoms with Gasteiger partial charge in [-0.2, -0.15) is 5.32 Å². The van der Waals surface area contributed by atoms with Gasteiger partial charge in [0.1, 0.15) is 5.82 Å². The van der Waals surface area contributed by atoms with Crippen LogP contribution in [-0.2, 0) is 4.79 Å². The van der Waals surface area contributed by atoms with Crippen LogP contribution in [0.3, 0.4) is 0 Å². The summed E-state index contributed by atoms with van der Waals surface area (Å²) in [7, 11) is 0. The maximum Gasteiger partial charge on any atom is 0.356 e. The molecule has 0 atom stereocenters. The Kier molecular flexibility index (Phi) is 1.63. The average Bonchev–Trinajstić information content (AvgIpc) is 1.85. The van der Waals surface area contributed by atoms with Gasteiger partial charge in [0.2, 0.25) is 0 Å². The van der Waals surface area contributed by atoms with E-state index in [2.05, 4.69) is 11.9 Å². The summed E-state index contributed by atoms with van der Waals surface area (Å²) in [5, 5.41) is 3.11. The van der Waals surface area contributed by atoms with Crippen molar-refractivity contribution in [3.63, 3.8) is 0 Å². The molecule has 1 aliphatic heterocycles. The monoisotopic (exact) mass is 152 g/mol. The molecule has 5 heteroatoms. The highest BCUT2D eigenvalue weighted by molar-refractivity contribution is 6.03. The second-order valence-corrected chi connectivity index (χ2v) is 1.85. The Labute approximate surface area is 63.2 Å². The average molecular weight is 152 g/mol. The zero-order valence-corrected chi connectivity index (χ0v) is 5.65. The third-order valence-corrected chi connectivity index (χ3v) is 1.14. The second-order valence-electron chi connectivity index (χ2n) is 1.85. The van der Waals surface area contributed by atoms with Crippen molar-refractivity contribution in [1.82, 2.24) is 10.2 Å². The van der Waals surface area contributed by atoms with E-state index in [-0.39, 0.29) is 5.82 Å². The first-order chi connectivity index (χ1) is 5.15. The van der Waals surface area contributed by atoms with E-state index in [9.17, 15) is 9.59 Å². The Morgan fingerprint density at radius 1 is 1.64 bits per heavy atom. The van der Waals surface area contributed by atoms with Crippen molar-refractivity contribution in [3.05, 3.63) is 24.7 Å². The van der Waals surface area contributed by atoms with Crippen LogP contribution in [0.5, 0.6) is 0 Å². The second kappa shape index (κ2) is 2.45. The number of rotatable bonds is 1. The lowest BCUT2D eigenvalue weighted by Crippen LogP contribution is -2.41. The maximum atomic E-state index is 10.8. The Morgan fingerprint density at radius 3 is 2.73 bits per heavy atom. The van der Waals surface area contributed by atoms with E-state index in [1.807, 2.05) is 0 Å². The van der Waals surface area contributed by atoms with Gasteiger partial charge < -0.3 is 5.73 Å². The van der Waals surface area contributed by atoms with Gasteiger partial charge in [-0.1, -0.05) is 6.58 Å². The van der Waals surface area contributed by atoms with E-state index in [0.29, 0.717) is 0 Å². The first-order valence-corrected chi connectivity index (χ1v) is 2.84. The van der Waals surface area contributed by atoms with Crippen LogP contribution in [0.1, 0.15) is 0 Å². The van der Waals surface area contributed by atoms with Crippen molar-refractivity contribution in [2.45, 2.75) is 0 Å². The zero-order chi connectivity index (χ0) is 8.43. The Hall–Kier alpha value is -1.78. The fraction of sp³-hybridized carbons (Fsp3) is 0. The van der Waals surface area contributed by atoms with E-state index >= 15 is 0 Å². The Balaban J connectivity index is 2.97. The molecule has 0 saturated carbocycles. The Bertz CT molecular complexity index is 257. The van der Waals surface area contributed by atoms with Crippen LogP contribution in [0.4, 0.5) is 4.79 Å². The van der Waals surface area contributed by atoms with E-state index in [0.717, 1.165) is 11.0 Å². The SMILES string of the molecule is C=CN1C(=O)[N]C(=O)C=C1N. The smallest absolute Gasteiger partial charge is 0.356 e. The molecular formula is C6H6N3O2. The summed E-state index contributed by atoms with van der Waals surface area (Å²) in [4.78, 5) is 22.3. The molecular weight excluding hydrogens is 146 g/mol. The minimum Gasteiger partial charge on any atom is -0.385 e. The predicted molar refractivity (Wildman–Crippen MR) is 36.8 cm³/mol. The summed E-state index contributed by atoms with van der Waals surface area (Å²) in [6.45, 7) is 3.32. The molecule has 0 unspecified atom stereocenters. The topological polar surface area (TPSA) is 77.5 Å². The molecule has 2 N–H and O–H groups in total. The lowest BCUT2D eigenvalue weighted by atomic mass is 10.4. The highest BCUT2D eigenvalue weighted by Gasteiger charge is 2.22. The molecule has 1 heterocycles. The first kappa shape index (κ1) is 7.33. The quantitative estimate of drug-likeness (QED) is 0.550. The van der Waals surface area contributed by atoms with Gasteiger partial charge in [0.15, 0.2) is 0 Å². The van der Waals surface area contributed by atoms with Crippen molar-refractivity contribution in [3.8, 4) is 0 Å². The first-order valence-electron chi connectivity index (χ1n) is 2.84. The fourth-order valence-corrected chi connectivity index (χ4v) is 0.670. The summed E-state index contributed by atoms with van der Waals surface area (Å²) in [5.41, 5.74) is 5.28. The van der Waals surface area contributed by atoms with Gasteiger partial charge in [-0.05, 0) is 0 Å². The van der Waals surface area contributed by atoms with Crippen molar-refractivity contribution < 1.29 is 9.59 Å². The maximum absolute atomic E-state index is 10.8. The van der Waals surface area contributed by atoms with Crippen molar-refractivity contribution in [1.29, 1.82) is 0 Å². The number of nitrogens with two attached hydrogens (primary N) is 1. The molecule has 0 aliphatic carbocycles. The summed E-state index contributed by atoms with van der Waals surface area (Å²) in [5.74, 6) is -0.587. The molecule has 0 fully saturated rings. The molecule has 0 aromatic carbocycles. The largest absolute Gasteiger partial charge is 0.385 e. The van der Waals surface area contributed by atoms with Gasteiger partial charge in [0, 0.05) is 12.3 Å². The number of imide groups is 1. The van der Waals surface area contributed by atoms with Crippen molar-refractivity contribution in [2.24, 2.45) is 5.73 Å². The minimum atomic E-state index is -0.704. The zero-order valence-electron chi connectivity index (χ0n) is 5.65. The lowest BCUT2D eigenvalue weighted by molar-refractivity contribution is -0.116. The standard InChI is InChI=1S/C6H6N3O2/c1-2-9-4(7)3-5(10)8-6(9)11/h2-3H,1,7H2. The summed E-state index contributed by atoms with van der Waals surface area (Å²) in [6.07, 6.45) is 2.26. The van der Waals surface area contributed by atoms with Crippen LogP contribution in [0.2, 0.25) is 0 Å². The molecule has 1 aliphatic rings. The van der Waals surface area contributed by atoms with Crippen LogP contribution in [0.25, 0.3) is 0 Å². The van der Waals surface area contributed by atoms with E-state index in [1.165, 1.54) is 6.20 Å². The van der Waals surface area contributed by atoms with Gasteiger partial charge in [-0.25, -0.2) is 4.79 Å². The van der Waals surface area contributed by atoms with Gasteiger partial charge in [-0.3, -0.25) is 9.69 Å². The number of urea groups is 1. The molecule has 0 aromatic heterocycles. The molecule has 0 aromatic rings. The number of amides is 3. The summed E-state index contributed by atoms with van der Waals surface area (Å²) < 4.78 is 0. The van der Waals surface area contributed by atoms with Gasteiger partial charge in [-0.15, -0.1) is 0 Å². The van der Waals surface area contributed by atoms with Crippen LogP contribution in [0, 0.1) is 0 Å². The molecule has 0 bridgehead atoms. The van der Waals surface area contributed by atoms with Crippen LogP contribution in [-0.4, -0.2) is 16.8 Å². The van der Waals surface area contributed by atoms with E-state index in [1.54, 1.807) is 0 Å². The summed E-state index contributed by atoms with van der Waals surface area (Å²) in [6, 6.07) is -0.704. The fourth-order valence-electron chi connectivity index (χ4n) is 0.670. The molecule has 1 rings (SSSR count). The van der Waals surface area contributed by atoms with E-state index in [4.69, 9.17) is 5.73 Å². The third-order valence-electron chi connectivity index (χ3n) is 1.14. The number of carbonyl (C=O) groups excluding carboxylic acids is 2. The number of nitrogens with zero attached hydrogens (tertiary/aromatic N) is 2. The van der Waals surface area contributed by atoms with Crippen molar-refractivity contribution >= 4 is 11.9 Å². The third kappa shape index (κ3) is 1.21. The lowest BCUT2D eigenvalue weighted by Gasteiger charge is -2.19. The number of hydrogen-bond donors (Lipinski definition) is 1. The molecule has 0 saturated heterocycles. The molecule has 0 spiro atoms. The molecule has 57 valence electrons. The van der Waals surface area contributed by atoms with Gasteiger partial charge in [0.05, 0.1) is 0 Å². The molecule has 3 amide bonds. The normalized spacial score (nSPS) is 17.5. The summed E-state index contributed by atoms with van der Waals surface area (Å²) >= 11 is 0. The van der Waals surface area contributed by atoms with Crippen LogP contribution < -0.4 is 11.1 Å². The predicted octanol–water partition coefficient (Wildman–Crippen LogP) is -0.503. The van der Waals surface area contributed by atoms with Crippen LogP contribution >= 0.6 is 0 Å². The highest BCUT2D eigenvalue weighted by Crippen LogP contribution is 2.04. The van der Waals surface area contributed by atoms with E-state index < -0.39 is 11.9 Å². The molecule has 1 radical (unpaired) electrons. The highest BCUT2D eigenvalue weighted by atomic mass is 16.2. The van der Waals surface area contributed by atoms with Gasteiger partial charge in [0.25, 0.3) is 5.91 Å². The van der Waals surface area contributed by atoms with Crippen LogP contribution in [0.15, 0.2) is 24.7 Å².